The van der Waals surface area contributed by atoms with Gasteiger partial charge in [0.2, 0.25) is 0 Å². The molecule has 0 aliphatic carbocycles. The summed E-state index contributed by atoms with van der Waals surface area (Å²) < 4.78 is 49.9. The third kappa shape index (κ3) is 8.92. The average Bonchev–Trinajstić information content (AvgIpc) is 3.87. The van der Waals surface area contributed by atoms with E-state index in [9.17, 15) is 0 Å². The number of benzene rings is 6. The van der Waals surface area contributed by atoms with E-state index in [1.807, 2.05) is 44.2 Å². The maximum atomic E-state index is 8.63. The zero-order valence-electron chi connectivity index (χ0n) is 42.0. The fourth-order valence-electron chi connectivity index (χ4n) is 8.14. The minimum Gasteiger partial charge on any atom is -0.501 e. The van der Waals surface area contributed by atoms with E-state index in [0.717, 1.165) is 44.4 Å². The number of fused-ring (bicyclic) bond motifs is 4. The Kier molecular flexibility index (Phi) is 11.4. The van der Waals surface area contributed by atoms with Gasteiger partial charge in [0.25, 0.3) is 0 Å². The Bertz CT molecular complexity index is 3160. The van der Waals surface area contributed by atoms with Crippen LogP contribution in [0.15, 0.2) is 138 Å². The molecular formula is C56H57IrN3OSi-2. The fourth-order valence-corrected chi connectivity index (χ4v) is 9.49. The molecule has 0 spiro atoms. The zero-order valence-corrected chi connectivity index (χ0v) is 40.4. The van der Waals surface area contributed by atoms with Crippen LogP contribution in [0.1, 0.15) is 82.6 Å². The first kappa shape index (κ1) is 38.3. The summed E-state index contributed by atoms with van der Waals surface area (Å²) in [5, 5.41) is 2.88. The SMILES string of the molecule is CC(C)c1cc(-c2ccccc2)cc(C(C)C)c1-n1c(-c2[c-]ccc3c2oc2ccccc23)nc2ccccc21.[2H]C([2H])([2H])c1nc(-c2[c-]cccc2)c(C([2H])([2H])C(C)C)cc1[Si](C)(C)C.[Ir]. The Morgan fingerprint density at radius 1 is 0.710 bits per heavy atom. The Morgan fingerprint density at radius 2 is 1.39 bits per heavy atom. The molecule has 6 heteroatoms. The van der Waals surface area contributed by atoms with E-state index in [2.05, 4.69) is 154 Å². The van der Waals surface area contributed by atoms with Crippen LogP contribution in [-0.2, 0) is 26.5 Å². The number of nitrogens with zero attached hydrogens (tertiary/aromatic N) is 3. The Balaban J connectivity index is 0.000000216. The number of hydrogen-bond donors (Lipinski definition) is 0. The first-order valence-electron chi connectivity index (χ1n) is 23.8. The van der Waals surface area contributed by atoms with Crippen molar-refractivity contribution in [3.63, 3.8) is 0 Å². The van der Waals surface area contributed by atoms with Crippen molar-refractivity contribution in [3.05, 3.63) is 168 Å². The molecule has 0 fully saturated rings. The van der Waals surface area contributed by atoms with Crippen LogP contribution in [0.3, 0.4) is 0 Å². The number of pyridine rings is 1. The smallest absolute Gasteiger partial charge is 0.120 e. The first-order chi connectivity index (χ1) is 31.3. The van der Waals surface area contributed by atoms with E-state index in [1.54, 1.807) is 18.2 Å². The number of furan rings is 1. The summed E-state index contributed by atoms with van der Waals surface area (Å²) in [7, 11) is -2.06. The molecule has 0 bridgehead atoms. The molecule has 3 heterocycles. The molecule has 0 unspecified atom stereocenters. The summed E-state index contributed by atoms with van der Waals surface area (Å²) in [4.78, 5) is 9.76. The second-order valence-corrected chi connectivity index (χ2v) is 22.8. The van der Waals surface area contributed by atoms with Crippen molar-refractivity contribution in [2.75, 3.05) is 0 Å². The number of aromatic nitrogens is 3. The molecule has 3 aromatic heterocycles. The van der Waals surface area contributed by atoms with E-state index < -0.39 is 21.3 Å². The molecule has 6 aromatic carbocycles. The van der Waals surface area contributed by atoms with Gasteiger partial charge in [0.05, 0.1) is 30.5 Å². The van der Waals surface area contributed by atoms with Crippen LogP contribution < -0.4 is 5.19 Å². The van der Waals surface area contributed by atoms with E-state index in [0.29, 0.717) is 33.8 Å². The Hall–Kier alpha value is -5.39. The van der Waals surface area contributed by atoms with E-state index in [1.165, 1.54) is 27.9 Å². The summed E-state index contributed by atoms with van der Waals surface area (Å²) in [6.45, 7) is 16.6. The van der Waals surface area contributed by atoms with Gasteiger partial charge in [0.15, 0.2) is 0 Å². The van der Waals surface area contributed by atoms with Crippen LogP contribution in [0, 0.1) is 24.9 Å². The van der Waals surface area contributed by atoms with Gasteiger partial charge in [-0.05, 0) is 94.4 Å². The van der Waals surface area contributed by atoms with E-state index in [4.69, 9.17) is 16.3 Å². The fraction of sp³-hybridized carbons (Fsp3) is 0.250. The van der Waals surface area contributed by atoms with Crippen LogP contribution in [0.2, 0.25) is 19.6 Å². The maximum Gasteiger partial charge on any atom is 0.120 e. The number of rotatable bonds is 9. The van der Waals surface area contributed by atoms with Gasteiger partial charge in [0.1, 0.15) is 5.58 Å². The zero-order chi connectivity index (χ0) is 47.3. The molecule has 0 aliphatic heterocycles. The summed E-state index contributed by atoms with van der Waals surface area (Å²) in [5.74, 6) is 1.18. The summed E-state index contributed by atoms with van der Waals surface area (Å²) in [5.41, 5.74) is 12.4. The van der Waals surface area contributed by atoms with Crippen LogP contribution in [0.4, 0.5) is 0 Å². The number of aryl methyl sites for hydroxylation is 1. The van der Waals surface area contributed by atoms with Gasteiger partial charge >= 0.3 is 0 Å². The van der Waals surface area contributed by atoms with Crippen molar-refractivity contribution in [1.29, 1.82) is 0 Å². The molecule has 317 valence electrons. The quantitative estimate of drug-likeness (QED) is 0.107. The number of imidazole rings is 1. The molecule has 0 atom stereocenters. The van der Waals surface area contributed by atoms with Crippen LogP contribution in [-0.4, -0.2) is 22.6 Å². The molecule has 4 nitrogen and oxygen atoms in total. The second-order valence-electron chi connectivity index (χ2n) is 17.7. The summed E-state index contributed by atoms with van der Waals surface area (Å²) in [6.07, 6.45) is -1.63. The van der Waals surface area contributed by atoms with Crippen molar-refractivity contribution in [1.82, 2.24) is 14.5 Å². The standard InChI is InChI=1S/C37H31N2O.C19H26NSi.Ir/c1-23(2)30-21-26(25-13-6-5-7-14-25)22-31(24(3)4)35(30)39-33-19-10-9-18-32(33)38-37(39)29-17-12-16-28-27-15-8-11-20-34(27)40-36(28)29;1-14(2)12-17-13-18(21(4,5)6)15(3)20-19(17)16-10-8-7-9-11-16;/h5-16,18-24H,1-4H3;7-10,13-14H,12H2,1-6H3;/q2*-1;/i;3D3,12D2;. The van der Waals surface area contributed by atoms with Crippen molar-refractivity contribution < 1.29 is 31.4 Å². The van der Waals surface area contributed by atoms with E-state index in [-0.39, 0.29) is 31.7 Å². The van der Waals surface area contributed by atoms with Gasteiger partial charge in [-0.15, -0.1) is 54.1 Å². The maximum absolute atomic E-state index is 8.63. The third-order valence-corrected chi connectivity index (χ3v) is 13.1. The minimum atomic E-state index is -2.35. The van der Waals surface area contributed by atoms with Crippen molar-refractivity contribution in [3.8, 4) is 39.5 Å². The second kappa shape index (κ2) is 18.5. The van der Waals surface area contributed by atoms with Crippen molar-refractivity contribution in [2.45, 2.75) is 86.2 Å². The number of para-hydroxylation sites is 3. The van der Waals surface area contributed by atoms with Gasteiger partial charge in [-0.25, -0.2) is 0 Å². The predicted molar refractivity (Wildman–Crippen MR) is 261 cm³/mol. The molecule has 0 amide bonds. The molecular weight excluding hydrogens is 951 g/mol. The predicted octanol–water partition coefficient (Wildman–Crippen LogP) is 14.9. The average molecular weight is 1010 g/mol. The first-order valence-corrected chi connectivity index (χ1v) is 24.8. The van der Waals surface area contributed by atoms with Crippen LogP contribution >= 0.6 is 0 Å². The summed E-state index contributed by atoms with van der Waals surface area (Å²) >= 11 is 0. The van der Waals surface area contributed by atoms with Crippen LogP contribution in [0.25, 0.3) is 72.4 Å². The minimum absolute atomic E-state index is 0. The molecule has 1 radical (unpaired) electrons. The third-order valence-electron chi connectivity index (χ3n) is 11.1. The monoisotopic (exact) mass is 1010 g/mol. The molecule has 0 aliphatic rings. The largest absolute Gasteiger partial charge is 0.501 e. The topological polar surface area (TPSA) is 43.9 Å². The van der Waals surface area contributed by atoms with Gasteiger partial charge in [0, 0.05) is 43.7 Å². The molecule has 0 N–H and O–H groups in total. The van der Waals surface area contributed by atoms with Crippen molar-refractivity contribution >= 4 is 46.2 Å². The van der Waals surface area contributed by atoms with E-state index >= 15 is 0 Å². The van der Waals surface area contributed by atoms with Crippen LogP contribution in [0.5, 0.6) is 0 Å². The molecule has 0 saturated carbocycles. The Labute approximate surface area is 389 Å². The van der Waals surface area contributed by atoms with Gasteiger partial charge in [-0.2, -0.15) is 0 Å². The summed E-state index contributed by atoms with van der Waals surface area (Å²) in [6, 6.07) is 51.6. The van der Waals surface area contributed by atoms with Crippen molar-refractivity contribution in [2.24, 2.45) is 5.92 Å². The molecule has 0 saturated heterocycles. The van der Waals surface area contributed by atoms with Gasteiger partial charge < -0.3 is 14.0 Å². The van der Waals surface area contributed by atoms with Gasteiger partial charge in [-0.1, -0.05) is 144 Å². The molecule has 9 aromatic rings. The Morgan fingerprint density at radius 3 is 2.05 bits per heavy atom. The molecule has 62 heavy (non-hydrogen) atoms. The number of hydrogen-bond acceptors (Lipinski definition) is 3. The molecule has 9 rings (SSSR count). The van der Waals surface area contributed by atoms with Gasteiger partial charge in [-0.3, -0.25) is 4.98 Å². The normalized spacial score (nSPS) is 13.4.